The van der Waals surface area contributed by atoms with Crippen LogP contribution in [-0.2, 0) is 34.8 Å². The molecule has 0 radical (unpaired) electrons. The van der Waals surface area contributed by atoms with E-state index in [2.05, 4.69) is 32.9 Å². The van der Waals surface area contributed by atoms with E-state index in [0.29, 0.717) is 0 Å². The van der Waals surface area contributed by atoms with Gasteiger partial charge in [0.1, 0.15) is 0 Å². The quantitative estimate of drug-likeness (QED) is 0.141. The van der Waals surface area contributed by atoms with Gasteiger partial charge in [-0.05, 0) is 257 Å². The Morgan fingerprint density at radius 1 is 0.458 bits per heavy atom. The number of hydrogen-bond acceptors (Lipinski definition) is 0. The largest absolute Gasteiger partial charge is 2.00 e. The molecule has 0 unspecified atom stereocenters. The van der Waals surface area contributed by atoms with E-state index in [-0.39, 0.29) is 38.3 Å². The Labute approximate surface area is 374 Å². The average Bonchev–Trinajstić information content (AvgIpc) is 3.85. The Bertz CT molecular complexity index is 1480. The van der Waals surface area contributed by atoms with Gasteiger partial charge < -0.3 is 0 Å². The molecule has 0 atom stereocenters. The molecule has 16 aliphatic rings. The van der Waals surface area contributed by atoms with Gasteiger partial charge in [0.2, 0.25) is 0 Å². The zero-order chi connectivity index (χ0) is 38.6. The molecule has 0 heterocycles. The second-order valence-corrected chi connectivity index (χ2v) is 32.9. The first-order valence-corrected chi connectivity index (χ1v) is 29.0. The third kappa shape index (κ3) is 6.87. The molecule has 0 aromatic heterocycles. The molecule has 18 rings (SSSR count). The molecule has 322 valence electrons. The summed E-state index contributed by atoms with van der Waals surface area (Å²) in [5, 5.41) is 2.99. The van der Waals surface area contributed by atoms with Crippen molar-refractivity contribution in [2.75, 3.05) is 0 Å². The zero-order valence-corrected chi connectivity index (χ0v) is 40.5. The van der Waals surface area contributed by atoms with Crippen molar-refractivity contribution >= 4 is 15.8 Å². The predicted octanol–water partition coefficient (Wildman–Crippen LogP) is 15.9. The van der Waals surface area contributed by atoms with Crippen molar-refractivity contribution in [3.05, 3.63) is 59.2 Å². The van der Waals surface area contributed by atoms with E-state index >= 15 is 0 Å². The Balaban J connectivity index is 0.000000588. The summed E-state index contributed by atoms with van der Waals surface area (Å²) in [6.07, 6.45) is 42.6. The van der Waals surface area contributed by atoms with Crippen LogP contribution in [0, 0.1) is 71.0 Å². The topological polar surface area (TPSA) is 0 Å². The van der Waals surface area contributed by atoms with Gasteiger partial charge in [0.05, 0.1) is 0 Å². The van der Waals surface area contributed by atoms with Crippen LogP contribution in [-0.4, -0.2) is 20.6 Å². The van der Waals surface area contributed by atoms with Crippen LogP contribution >= 0.6 is 15.8 Å². The molecular formula is C56H80FeP2. The van der Waals surface area contributed by atoms with Gasteiger partial charge in [-0.25, -0.2) is 18.2 Å². The van der Waals surface area contributed by atoms with Crippen molar-refractivity contribution < 1.29 is 17.1 Å². The molecule has 0 saturated heterocycles. The zero-order valence-electron chi connectivity index (χ0n) is 37.6. The molecule has 0 nitrogen and oxygen atoms in total. The first-order valence-electron chi connectivity index (χ1n) is 26.0. The van der Waals surface area contributed by atoms with Crippen LogP contribution in [0.1, 0.15) is 192 Å². The first-order chi connectivity index (χ1) is 28.0. The summed E-state index contributed by atoms with van der Waals surface area (Å²) in [4.78, 5) is 0. The maximum absolute atomic E-state index is 2.94. The molecule has 2 aromatic rings. The van der Waals surface area contributed by atoms with Gasteiger partial charge in [-0.3, -0.25) is 0 Å². The Kier molecular flexibility index (Phi) is 10.0. The van der Waals surface area contributed by atoms with Gasteiger partial charge in [0.25, 0.3) is 0 Å². The second kappa shape index (κ2) is 14.5. The standard InChI is InChI=1S/C51H75P2.C5H5.Fe/c1-47(2,3)46-16-44(30-52(48-18-32-4-33(19-48)6-34(5-32)20-48)49-21-35-7-36(22-49)9-37(8-35)23-49)45(17-46)31-53(50-24-38-10-39(25-50)12-40(11-38)26-50)51-27-41-13-42(28-51)15-43(14-41)29-51;1-2-4-5-3-1;/h16-17,32-43H,4-15,18-31H2,1-3H3;1-5H;/q2*-1;+2. The molecule has 2 aromatic carbocycles. The Hall–Kier alpha value is 0.0795. The van der Waals surface area contributed by atoms with Gasteiger partial charge in [-0.1, -0.05) is 34.9 Å². The molecule has 16 saturated carbocycles. The van der Waals surface area contributed by atoms with E-state index in [0.717, 1.165) is 91.6 Å². The smallest absolute Gasteiger partial charge is 0.214 e. The molecule has 3 heteroatoms. The molecule has 0 aliphatic heterocycles. The fraction of sp³-hybridized carbons (Fsp3) is 0.821. The van der Waals surface area contributed by atoms with Crippen LogP contribution in [0.4, 0.5) is 0 Å². The van der Waals surface area contributed by atoms with Crippen molar-refractivity contribution in [2.45, 2.75) is 213 Å². The molecule has 16 bridgehead atoms. The maximum Gasteiger partial charge on any atom is 2.00 e. The van der Waals surface area contributed by atoms with E-state index in [4.69, 9.17) is 0 Å². The van der Waals surface area contributed by atoms with Crippen LogP contribution in [0.25, 0.3) is 0 Å². The molecular weight excluding hydrogens is 790 g/mol. The Morgan fingerprint density at radius 3 is 0.966 bits per heavy atom. The van der Waals surface area contributed by atoms with Crippen molar-refractivity contribution in [3.8, 4) is 0 Å². The van der Waals surface area contributed by atoms with Crippen LogP contribution in [0.2, 0.25) is 0 Å². The van der Waals surface area contributed by atoms with Crippen LogP contribution in [0.15, 0.2) is 42.5 Å². The van der Waals surface area contributed by atoms with E-state index in [1.807, 2.05) is 41.5 Å². The first kappa shape index (κ1) is 40.6. The van der Waals surface area contributed by atoms with Gasteiger partial charge >= 0.3 is 17.1 Å². The van der Waals surface area contributed by atoms with Gasteiger partial charge in [0.15, 0.2) is 0 Å². The molecule has 0 N–H and O–H groups in total. The predicted molar refractivity (Wildman–Crippen MR) is 248 cm³/mol. The fourth-order valence-corrected chi connectivity index (χ4v) is 31.6. The monoisotopic (exact) mass is 871 g/mol. The third-order valence-corrected chi connectivity index (χ3v) is 29.5. The molecule has 59 heavy (non-hydrogen) atoms. The summed E-state index contributed by atoms with van der Waals surface area (Å²) in [7, 11) is 0.00852. The summed E-state index contributed by atoms with van der Waals surface area (Å²) in [5.41, 5.74) is 5.96. The summed E-state index contributed by atoms with van der Waals surface area (Å²) < 4.78 is 0. The van der Waals surface area contributed by atoms with Crippen molar-refractivity contribution in [1.29, 1.82) is 0 Å². The van der Waals surface area contributed by atoms with Crippen LogP contribution in [0.3, 0.4) is 0 Å². The van der Waals surface area contributed by atoms with Gasteiger partial charge in [0, 0.05) is 0 Å². The van der Waals surface area contributed by atoms with Gasteiger partial charge in [-0.15, -0.1) is 7.92 Å². The minimum atomic E-state index is 0. The summed E-state index contributed by atoms with van der Waals surface area (Å²) in [6.45, 7) is 7.70. The van der Waals surface area contributed by atoms with Crippen molar-refractivity contribution in [3.63, 3.8) is 0 Å². The number of hydrogen-bond donors (Lipinski definition) is 0. The molecule has 16 fully saturated rings. The summed E-state index contributed by atoms with van der Waals surface area (Å²) >= 11 is 0. The van der Waals surface area contributed by atoms with E-state index < -0.39 is 0 Å². The van der Waals surface area contributed by atoms with E-state index in [1.165, 1.54) is 0 Å². The third-order valence-electron chi connectivity index (χ3n) is 21.5. The summed E-state index contributed by atoms with van der Waals surface area (Å²) in [6, 6.07) is 15.9. The Morgan fingerprint density at radius 2 is 0.729 bits per heavy atom. The van der Waals surface area contributed by atoms with Gasteiger partial charge in [-0.2, -0.15) is 41.0 Å². The molecule has 0 amide bonds. The minimum Gasteiger partial charge on any atom is -0.214 e. The van der Waals surface area contributed by atoms with Crippen molar-refractivity contribution in [1.82, 2.24) is 0 Å². The minimum absolute atomic E-state index is 0. The summed E-state index contributed by atoms with van der Waals surface area (Å²) in [5.74, 6) is 13.2. The van der Waals surface area contributed by atoms with E-state index in [1.54, 1.807) is 172 Å². The second-order valence-electron chi connectivity index (χ2n) is 26.7. The molecule has 0 spiro atoms. The fourth-order valence-electron chi connectivity index (χ4n) is 21.3. The number of rotatable bonds is 8. The SMILES string of the molecule is CC(C)(C)c1cc(CP(C23CC4CC(CC(C4)C2)C3)C23CC4CC(CC(C4)C2)C3)c(CP(C23CC4CC(CC(C4)C2)C3)C23CC4CC(CC(C4)C2)C3)[cH-]1.[Fe+2].c1cc[cH-]c1. The molecule has 16 aliphatic carbocycles. The normalized spacial score (nSPS) is 49.8. The average molecular weight is 871 g/mol. The van der Waals surface area contributed by atoms with Crippen molar-refractivity contribution in [2.24, 2.45) is 71.0 Å². The van der Waals surface area contributed by atoms with Crippen LogP contribution < -0.4 is 0 Å². The maximum atomic E-state index is 2.94. The van der Waals surface area contributed by atoms with E-state index in [9.17, 15) is 0 Å². The van der Waals surface area contributed by atoms with Crippen LogP contribution in [0.5, 0.6) is 0 Å².